The lowest BCUT2D eigenvalue weighted by atomic mass is 9.53. The summed E-state index contributed by atoms with van der Waals surface area (Å²) in [7, 11) is 0. The number of hydrogen-bond donors (Lipinski definition) is 0. The zero-order chi connectivity index (χ0) is 11.6. The molecule has 86 valence electrons. The van der Waals surface area contributed by atoms with Crippen LogP contribution in [0.2, 0.25) is 0 Å². The summed E-state index contributed by atoms with van der Waals surface area (Å²) in [5.41, 5.74) is 0.936. The molecule has 0 saturated heterocycles. The van der Waals surface area contributed by atoms with Crippen molar-refractivity contribution in [2.24, 2.45) is 22.7 Å². The van der Waals surface area contributed by atoms with Crippen LogP contribution in [0.1, 0.15) is 68.2 Å². The van der Waals surface area contributed by atoms with Crippen LogP contribution in [0.5, 0.6) is 0 Å². The predicted molar refractivity (Wildman–Crippen MR) is 66.5 cm³/mol. The average molecular weight is 198 g/mol. The van der Waals surface area contributed by atoms with E-state index in [1.165, 1.54) is 12.8 Å². The average Bonchev–Trinajstić information content (AvgIpc) is 2.05. The molecule has 0 aliphatic heterocycles. The highest BCUT2D eigenvalue weighted by Gasteiger charge is 2.45. The number of rotatable bonds is 5. The predicted octanol–water partition coefficient (Wildman–Crippen LogP) is 5.13. The minimum Gasteiger partial charge on any atom is -0.0648 e. The van der Waals surface area contributed by atoms with Crippen LogP contribution in [0.25, 0.3) is 0 Å². The molecule has 0 saturated carbocycles. The molecule has 0 aromatic rings. The van der Waals surface area contributed by atoms with Crippen molar-refractivity contribution in [2.75, 3.05) is 0 Å². The van der Waals surface area contributed by atoms with Crippen LogP contribution in [0, 0.1) is 22.7 Å². The second kappa shape index (κ2) is 4.68. The van der Waals surface area contributed by atoms with Gasteiger partial charge in [-0.25, -0.2) is 0 Å². The second-order valence-electron chi connectivity index (χ2n) is 5.89. The molecule has 14 heavy (non-hydrogen) atoms. The molecule has 0 spiro atoms. The zero-order valence-electron chi connectivity index (χ0n) is 11.6. The molecule has 0 unspecified atom stereocenters. The van der Waals surface area contributed by atoms with E-state index in [-0.39, 0.29) is 0 Å². The first-order valence-electron chi connectivity index (χ1n) is 6.26. The van der Waals surface area contributed by atoms with Crippen LogP contribution in [0.15, 0.2) is 0 Å². The Morgan fingerprint density at radius 3 is 1.21 bits per heavy atom. The van der Waals surface area contributed by atoms with Crippen molar-refractivity contribution < 1.29 is 0 Å². The molecule has 0 N–H and O–H groups in total. The summed E-state index contributed by atoms with van der Waals surface area (Å²) in [6.07, 6.45) is 2.60. The number of hydrogen-bond acceptors (Lipinski definition) is 0. The summed E-state index contributed by atoms with van der Waals surface area (Å²) < 4.78 is 0. The molecule has 0 nitrogen and oxygen atoms in total. The van der Waals surface area contributed by atoms with Gasteiger partial charge in [0, 0.05) is 0 Å². The summed E-state index contributed by atoms with van der Waals surface area (Å²) in [6, 6.07) is 0. The second-order valence-corrected chi connectivity index (χ2v) is 5.89. The lowest BCUT2D eigenvalue weighted by Crippen LogP contribution is -2.44. The Morgan fingerprint density at radius 1 is 0.786 bits per heavy atom. The highest BCUT2D eigenvalue weighted by Crippen LogP contribution is 2.53. The van der Waals surface area contributed by atoms with Crippen molar-refractivity contribution in [2.45, 2.75) is 68.2 Å². The van der Waals surface area contributed by atoms with Gasteiger partial charge in [-0.3, -0.25) is 0 Å². The molecule has 0 amide bonds. The normalized spacial score (nSPS) is 14.1. The molecule has 0 aromatic carbocycles. The van der Waals surface area contributed by atoms with Crippen LogP contribution in [0.4, 0.5) is 0 Å². The van der Waals surface area contributed by atoms with E-state index in [1.807, 2.05) is 0 Å². The van der Waals surface area contributed by atoms with Gasteiger partial charge < -0.3 is 0 Å². The molecule has 0 fully saturated rings. The van der Waals surface area contributed by atoms with Crippen molar-refractivity contribution in [3.05, 3.63) is 0 Å². The van der Waals surface area contributed by atoms with Crippen molar-refractivity contribution in [3.8, 4) is 0 Å². The Morgan fingerprint density at radius 2 is 1.14 bits per heavy atom. The van der Waals surface area contributed by atoms with E-state index >= 15 is 0 Å². The van der Waals surface area contributed by atoms with Gasteiger partial charge >= 0.3 is 0 Å². The Bertz CT molecular complexity index is 159. The van der Waals surface area contributed by atoms with Gasteiger partial charge in [0.2, 0.25) is 0 Å². The van der Waals surface area contributed by atoms with Gasteiger partial charge in [0.1, 0.15) is 0 Å². The maximum Gasteiger partial charge on any atom is -0.0226 e. The van der Waals surface area contributed by atoms with Crippen molar-refractivity contribution in [3.63, 3.8) is 0 Å². The van der Waals surface area contributed by atoms with E-state index in [4.69, 9.17) is 0 Å². The molecule has 0 aliphatic carbocycles. The van der Waals surface area contributed by atoms with Gasteiger partial charge in [-0.1, -0.05) is 55.4 Å². The van der Waals surface area contributed by atoms with Crippen LogP contribution in [0.3, 0.4) is 0 Å². The molecule has 0 aliphatic rings. The third-order valence-corrected chi connectivity index (χ3v) is 5.09. The van der Waals surface area contributed by atoms with Crippen molar-refractivity contribution in [1.82, 2.24) is 0 Å². The molecule has 0 bridgehead atoms. The first-order chi connectivity index (χ1) is 6.26. The Kier molecular flexibility index (Phi) is 4.68. The molecule has 0 radical (unpaired) electrons. The first kappa shape index (κ1) is 14.0. The Hall–Kier alpha value is 0. The van der Waals surface area contributed by atoms with E-state index in [9.17, 15) is 0 Å². The summed E-state index contributed by atoms with van der Waals surface area (Å²) in [4.78, 5) is 0. The highest BCUT2D eigenvalue weighted by atomic mass is 14.5. The molecule has 0 rings (SSSR count). The van der Waals surface area contributed by atoms with E-state index in [1.54, 1.807) is 0 Å². The molecule has 0 aromatic heterocycles. The lowest BCUT2D eigenvalue weighted by molar-refractivity contribution is -0.0283. The smallest absolute Gasteiger partial charge is 0.0226 e. The fourth-order valence-electron chi connectivity index (χ4n) is 3.30. The van der Waals surface area contributed by atoms with E-state index < -0.39 is 0 Å². The highest BCUT2D eigenvalue weighted by molar-refractivity contribution is 4.94. The third kappa shape index (κ3) is 1.99. The summed E-state index contributed by atoms with van der Waals surface area (Å²) in [6.45, 7) is 19.1. The van der Waals surface area contributed by atoms with Crippen LogP contribution in [-0.4, -0.2) is 0 Å². The van der Waals surface area contributed by atoms with E-state index in [0.29, 0.717) is 10.8 Å². The standard InChI is InChI=1S/C14H30/c1-9-14(10-2,12(5)6)13(7,8)11(3)4/h11-12H,9-10H2,1-8H3. The monoisotopic (exact) mass is 198 g/mol. The van der Waals surface area contributed by atoms with Crippen LogP contribution >= 0.6 is 0 Å². The zero-order valence-corrected chi connectivity index (χ0v) is 11.6. The van der Waals surface area contributed by atoms with Gasteiger partial charge in [0.05, 0.1) is 0 Å². The molecule has 0 atom stereocenters. The topological polar surface area (TPSA) is 0 Å². The van der Waals surface area contributed by atoms with Crippen molar-refractivity contribution >= 4 is 0 Å². The minimum atomic E-state index is 0.435. The summed E-state index contributed by atoms with van der Waals surface area (Å²) in [5, 5.41) is 0. The SMILES string of the molecule is CCC(CC)(C(C)C)C(C)(C)C(C)C. The van der Waals surface area contributed by atoms with Gasteiger partial charge in [-0.15, -0.1) is 0 Å². The van der Waals surface area contributed by atoms with E-state index in [0.717, 1.165) is 11.8 Å². The Balaban J connectivity index is 5.17. The van der Waals surface area contributed by atoms with Gasteiger partial charge in [0.15, 0.2) is 0 Å². The van der Waals surface area contributed by atoms with Crippen LogP contribution < -0.4 is 0 Å². The lowest BCUT2D eigenvalue weighted by Gasteiger charge is -2.52. The molecular weight excluding hydrogens is 168 g/mol. The van der Waals surface area contributed by atoms with Gasteiger partial charge in [-0.2, -0.15) is 0 Å². The van der Waals surface area contributed by atoms with Gasteiger partial charge in [-0.05, 0) is 35.5 Å². The molecule has 0 heterocycles. The maximum atomic E-state index is 2.45. The minimum absolute atomic E-state index is 0.435. The van der Waals surface area contributed by atoms with Crippen molar-refractivity contribution in [1.29, 1.82) is 0 Å². The van der Waals surface area contributed by atoms with E-state index in [2.05, 4.69) is 55.4 Å². The fraction of sp³-hybridized carbons (Fsp3) is 1.00. The maximum absolute atomic E-state index is 2.45. The largest absolute Gasteiger partial charge is 0.0648 e. The fourth-order valence-corrected chi connectivity index (χ4v) is 3.30. The summed E-state index contributed by atoms with van der Waals surface area (Å²) >= 11 is 0. The van der Waals surface area contributed by atoms with Crippen LogP contribution in [-0.2, 0) is 0 Å². The molecular formula is C14H30. The third-order valence-electron chi connectivity index (χ3n) is 5.09. The van der Waals surface area contributed by atoms with Gasteiger partial charge in [0.25, 0.3) is 0 Å². The Labute approximate surface area is 91.5 Å². The molecule has 0 heteroatoms. The quantitative estimate of drug-likeness (QED) is 0.574. The first-order valence-corrected chi connectivity index (χ1v) is 6.26. The summed E-state index contributed by atoms with van der Waals surface area (Å²) in [5.74, 6) is 1.53.